The van der Waals surface area contributed by atoms with Gasteiger partial charge in [-0.15, -0.1) is 0 Å². The standard InChI is InChI=1S/C14H27NO/c1-11-6-8-12(9-7-11)15(2)13-4-3-5-14(16)10-13/h11-14,16H,3-10H2,1-2H3. The maximum atomic E-state index is 9.74. The highest BCUT2D eigenvalue weighted by molar-refractivity contribution is 4.84. The predicted octanol–water partition coefficient (Wildman–Crippen LogP) is 2.80. The average molecular weight is 225 g/mol. The molecule has 2 nitrogen and oxygen atoms in total. The number of rotatable bonds is 2. The van der Waals surface area contributed by atoms with Crippen LogP contribution in [0.25, 0.3) is 0 Å². The topological polar surface area (TPSA) is 23.5 Å². The summed E-state index contributed by atoms with van der Waals surface area (Å²) in [5, 5.41) is 9.74. The van der Waals surface area contributed by atoms with E-state index in [0.717, 1.165) is 24.8 Å². The zero-order valence-electron chi connectivity index (χ0n) is 10.9. The Bertz CT molecular complexity index is 211. The van der Waals surface area contributed by atoms with Crippen molar-refractivity contribution in [1.29, 1.82) is 0 Å². The minimum absolute atomic E-state index is 0.0382. The molecule has 2 rings (SSSR count). The van der Waals surface area contributed by atoms with Gasteiger partial charge >= 0.3 is 0 Å². The van der Waals surface area contributed by atoms with E-state index in [-0.39, 0.29) is 6.10 Å². The summed E-state index contributed by atoms with van der Waals surface area (Å²) < 4.78 is 0. The highest BCUT2D eigenvalue weighted by Gasteiger charge is 2.29. The van der Waals surface area contributed by atoms with Crippen molar-refractivity contribution in [3.05, 3.63) is 0 Å². The molecule has 2 aliphatic carbocycles. The Balaban J connectivity index is 1.84. The summed E-state index contributed by atoms with van der Waals surface area (Å²) in [7, 11) is 2.28. The Labute approximate surface area is 100 Å². The molecule has 2 atom stereocenters. The molecule has 0 spiro atoms. The molecule has 0 aromatic carbocycles. The van der Waals surface area contributed by atoms with Gasteiger partial charge in [0.25, 0.3) is 0 Å². The van der Waals surface area contributed by atoms with Crippen LogP contribution in [0.1, 0.15) is 58.3 Å². The molecule has 16 heavy (non-hydrogen) atoms. The van der Waals surface area contributed by atoms with Crippen LogP contribution in [0.15, 0.2) is 0 Å². The average Bonchev–Trinajstić information content (AvgIpc) is 2.29. The van der Waals surface area contributed by atoms with Crippen LogP contribution in [0.4, 0.5) is 0 Å². The second kappa shape index (κ2) is 5.50. The molecule has 0 aromatic heterocycles. The van der Waals surface area contributed by atoms with Crippen LogP contribution in [-0.2, 0) is 0 Å². The summed E-state index contributed by atoms with van der Waals surface area (Å²) in [5.41, 5.74) is 0. The van der Waals surface area contributed by atoms with E-state index in [4.69, 9.17) is 0 Å². The van der Waals surface area contributed by atoms with E-state index in [1.807, 2.05) is 0 Å². The lowest BCUT2D eigenvalue weighted by Gasteiger charge is -2.41. The van der Waals surface area contributed by atoms with Crippen molar-refractivity contribution in [3.8, 4) is 0 Å². The molecule has 0 amide bonds. The Hall–Kier alpha value is -0.0800. The molecule has 0 heterocycles. The second-order valence-electron chi connectivity index (χ2n) is 6.05. The number of hydrogen-bond acceptors (Lipinski definition) is 2. The molecule has 2 saturated carbocycles. The van der Waals surface area contributed by atoms with Gasteiger partial charge < -0.3 is 10.0 Å². The fourth-order valence-corrected chi connectivity index (χ4v) is 3.46. The number of aliphatic hydroxyl groups is 1. The Kier molecular flexibility index (Phi) is 4.26. The lowest BCUT2D eigenvalue weighted by molar-refractivity contribution is 0.0421. The van der Waals surface area contributed by atoms with Crippen LogP contribution in [0.3, 0.4) is 0 Å². The van der Waals surface area contributed by atoms with Gasteiger partial charge in [0, 0.05) is 12.1 Å². The highest BCUT2D eigenvalue weighted by Crippen LogP contribution is 2.31. The molecule has 0 aromatic rings. The van der Waals surface area contributed by atoms with Gasteiger partial charge in [-0.25, -0.2) is 0 Å². The molecular formula is C14H27NO. The third kappa shape index (κ3) is 2.98. The van der Waals surface area contributed by atoms with Crippen LogP contribution >= 0.6 is 0 Å². The van der Waals surface area contributed by atoms with E-state index in [0.29, 0.717) is 6.04 Å². The van der Waals surface area contributed by atoms with Gasteiger partial charge in [0.05, 0.1) is 6.10 Å². The Morgan fingerprint density at radius 2 is 1.62 bits per heavy atom. The van der Waals surface area contributed by atoms with Crippen molar-refractivity contribution in [2.24, 2.45) is 5.92 Å². The van der Waals surface area contributed by atoms with Gasteiger partial charge in [-0.05, 0) is 64.3 Å². The van der Waals surface area contributed by atoms with Gasteiger partial charge in [-0.1, -0.05) is 6.92 Å². The largest absolute Gasteiger partial charge is 0.393 e. The lowest BCUT2D eigenvalue weighted by atomic mass is 9.84. The van der Waals surface area contributed by atoms with E-state index < -0.39 is 0 Å². The van der Waals surface area contributed by atoms with Crippen molar-refractivity contribution in [2.45, 2.75) is 76.5 Å². The molecule has 1 N–H and O–H groups in total. The fraction of sp³-hybridized carbons (Fsp3) is 1.00. The van der Waals surface area contributed by atoms with E-state index in [1.165, 1.54) is 38.5 Å². The smallest absolute Gasteiger partial charge is 0.0555 e. The minimum Gasteiger partial charge on any atom is -0.393 e. The van der Waals surface area contributed by atoms with Gasteiger partial charge in [0.1, 0.15) is 0 Å². The highest BCUT2D eigenvalue weighted by atomic mass is 16.3. The van der Waals surface area contributed by atoms with Crippen molar-refractivity contribution in [2.75, 3.05) is 7.05 Å². The molecule has 0 saturated heterocycles. The van der Waals surface area contributed by atoms with E-state index in [9.17, 15) is 5.11 Å². The second-order valence-corrected chi connectivity index (χ2v) is 6.05. The SMILES string of the molecule is CC1CCC(N(C)C2CCCC(O)C2)CC1. The monoisotopic (exact) mass is 225 g/mol. The lowest BCUT2D eigenvalue weighted by Crippen LogP contribution is -2.45. The van der Waals surface area contributed by atoms with E-state index in [2.05, 4.69) is 18.9 Å². The summed E-state index contributed by atoms with van der Waals surface area (Å²) in [6.45, 7) is 2.38. The Morgan fingerprint density at radius 3 is 2.25 bits per heavy atom. The quantitative estimate of drug-likeness (QED) is 0.781. The molecule has 2 heteroatoms. The zero-order valence-corrected chi connectivity index (χ0v) is 10.9. The Morgan fingerprint density at radius 1 is 0.938 bits per heavy atom. The first-order chi connectivity index (χ1) is 7.66. The van der Waals surface area contributed by atoms with Crippen molar-refractivity contribution in [1.82, 2.24) is 4.90 Å². The molecule has 0 radical (unpaired) electrons. The third-order valence-corrected chi connectivity index (χ3v) is 4.76. The fourth-order valence-electron chi connectivity index (χ4n) is 3.46. The molecular weight excluding hydrogens is 198 g/mol. The van der Waals surface area contributed by atoms with Crippen LogP contribution in [0.5, 0.6) is 0 Å². The molecule has 0 aliphatic heterocycles. The normalized spacial score (nSPS) is 41.2. The van der Waals surface area contributed by atoms with Crippen LogP contribution in [0.2, 0.25) is 0 Å². The molecule has 2 unspecified atom stereocenters. The maximum absolute atomic E-state index is 9.74. The summed E-state index contributed by atoms with van der Waals surface area (Å²) in [6, 6.07) is 1.42. The van der Waals surface area contributed by atoms with Crippen LogP contribution in [0, 0.1) is 5.92 Å². The van der Waals surface area contributed by atoms with Gasteiger partial charge in [-0.2, -0.15) is 0 Å². The minimum atomic E-state index is -0.0382. The molecule has 2 fully saturated rings. The number of aliphatic hydroxyl groups excluding tert-OH is 1. The summed E-state index contributed by atoms with van der Waals surface area (Å²) in [5.74, 6) is 0.932. The summed E-state index contributed by atoms with van der Waals surface area (Å²) >= 11 is 0. The van der Waals surface area contributed by atoms with Crippen molar-refractivity contribution < 1.29 is 5.11 Å². The van der Waals surface area contributed by atoms with Crippen molar-refractivity contribution >= 4 is 0 Å². The molecule has 94 valence electrons. The van der Waals surface area contributed by atoms with Gasteiger partial charge in [0.2, 0.25) is 0 Å². The first-order valence-electron chi connectivity index (χ1n) is 7.07. The van der Waals surface area contributed by atoms with Gasteiger partial charge in [0.15, 0.2) is 0 Å². The third-order valence-electron chi connectivity index (χ3n) is 4.76. The van der Waals surface area contributed by atoms with Gasteiger partial charge in [-0.3, -0.25) is 0 Å². The maximum Gasteiger partial charge on any atom is 0.0555 e. The molecule has 2 aliphatic rings. The van der Waals surface area contributed by atoms with Crippen molar-refractivity contribution in [3.63, 3.8) is 0 Å². The number of hydrogen-bond donors (Lipinski definition) is 1. The first kappa shape index (κ1) is 12.4. The first-order valence-corrected chi connectivity index (χ1v) is 7.07. The predicted molar refractivity (Wildman–Crippen MR) is 67.4 cm³/mol. The zero-order chi connectivity index (χ0) is 11.5. The summed E-state index contributed by atoms with van der Waals surface area (Å²) in [6.07, 6.45) is 10.0. The van der Waals surface area contributed by atoms with E-state index >= 15 is 0 Å². The number of nitrogens with zero attached hydrogens (tertiary/aromatic N) is 1. The summed E-state index contributed by atoms with van der Waals surface area (Å²) in [4.78, 5) is 2.58. The van der Waals surface area contributed by atoms with E-state index in [1.54, 1.807) is 0 Å². The van der Waals surface area contributed by atoms with Crippen LogP contribution in [-0.4, -0.2) is 35.2 Å². The molecule has 0 bridgehead atoms. The van der Waals surface area contributed by atoms with Crippen LogP contribution < -0.4 is 0 Å².